The number of imidazole rings is 1. The van der Waals surface area contributed by atoms with Crippen LogP contribution in [0.5, 0.6) is 0 Å². The maximum absolute atomic E-state index is 11.5. The molecule has 0 saturated heterocycles. The maximum Gasteiger partial charge on any atom is 0.303 e. The van der Waals surface area contributed by atoms with Crippen LogP contribution in [0.15, 0.2) is 12.5 Å². The zero-order valence-corrected chi connectivity index (χ0v) is 10.1. The van der Waals surface area contributed by atoms with E-state index < -0.39 is 12.0 Å². The second kappa shape index (κ2) is 7.57. The Kier molecular flexibility index (Phi) is 6.03. The summed E-state index contributed by atoms with van der Waals surface area (Å²) in [5.74, 6) is -1.11. The predicted molar refractivity (Wildman–Crippen MR) is 65.0 cm³/mol. The van der Waals surface area contributed by atoms with Crippen LogP contribution in [0.1, 0.15) is 18.5 Å². The fraction of sp³-hybridized carbons (Fsp3) is 0.545. The van der Waals surface area contributed by atoms with Crippen molar-refractivity contribution in [3.8, 4) is 0 Å². The van der Waals surface area contributed by atoms with Crippen molar-refractivity contribution in [2.75, 3.05) is 13.1 Å². The molecule has 0 bridgehead atoms. The minimum atomic E-state index is -0.939. The first-order valence-electron chi connectivity index (χ1n) is 5.77. The average molecular weight is 254 g/mol. The van der Waals surface area contributed by atoms with E-state index in [1.807, 2.05) is 0 Å². The molecule has 7 heteroatoms. The fourth-order valence-corrected chi connectivity index (χ4v) is 1.43. The third-order valence-electron chi connectivity index (χ3n) is 2.51. The summed E-state index contributed by atoms with van der Waals surface area (Å²) < 4.78 is 0. The number of nitrogens with two attached hydrogens (primary N) is 1. The first-order valence-corrected chi connectivity index (χ1v) is 5.77. The number of nitrogens with one attached hydrogen (secondary N) is 2. The number of aromatic nitrogens is 2. The van der Waals surface area contributed by atoms with Crippen LogP contribution in [0.3, 0.4) is 0 Å². The van der Waals surface area contributed by atoms with E-state index in [-0.39, 0.29) is 25.2 Å². The number of aromatic amines is 1. The summed E-state index contributed by atoms with van der Waals surface area (Å²) in [5, 5.41) is 11.4. The molecule has 18 heavy (non-hydrogen) atoms. The number of ketones is 1. The highest BCUT2D eigenvalue weighted by Gasteiger charge is 2.14. The Morgan fingerprint density at radius 3 is 2.94 bits per heavy atom. The molecule has 0 fully saturated rings. The Hall–Kier alpha value is -1.73. The summed E-state index contributed by atoms with van der Waals surface area (Å²) in [4.78, 5) is 28.7. The van der Waals surface area contributed by atoms with E-state index in [0.717, 1.165) is 12.1 Å². The molecule has 0 saturated carbocycles. The summed E-state index contributed by atoms with van der Waals surface area (Å²) in [7, 11) is 0. The van der Waals surface area contributed by atoms with Crippen LogP contribution in [0.2, 0.25) is 0 Å². The Morgan fingerprint density at radius 1 is 1.56 bits per heavy atom. The van der Waals surface area contributed by atoms with Crippen LogP contribution in [0, 0.1) is 0 Å². The van der Waals surface area contributed by atoms with Crippen molar-refractivity contribution in [1.82, 2.24) is 15.3 Å². The molecule has 1 heterocycles. The van der Waals surface area contributed by atoms with Gasteiger partial charge in [0.15, 0.2) is 5.78 Å². The van der Waals surface area contributed by atoms with Crippen molar-refractivity contribution in [2.45, 2.75) is 25.3 Å². The number of carbonyl (C=O) groups is 2. The first-order chi connectivity index (χ1) is 8.59. The largest absolute Gasteiger partial charge is 0.481 e. The van der Waals surface area contributed by atoms with Gasteiger partial charge in [0.25, 0.3) is 0 Å². The molecular formula is C11H18N4O3. The lowest BCUT2D eigenvalue weighted by atomic mass is 10.1. The number of carboxylic acids is 1. The van der Waals surface area contributed by atoms with E-state index in [0.29, 0.717) is 6.54 Å². The number of aliphatic carboxylic acids is 1. The molecule has 1 rings (SSSR count). The van der Waals surface area contributed by atoms with Crippen molar-refractivity contribution in [1.29, 1.82) is 0 Å². The zero-order valence-electron chi connectivity index (χ0n) is 10.1. The lowest BCUT2D eigenvalue weighted by molar-refractivity contribution is -0.137. The third kappa shape index (κ3) is 5.55. The van der Waals surface area contributed by atoms with Crippen LogP contribution in [-0.4, -0.2) is 46.0 Å². The van der Waals surface area contributed by atoms with Crippen molar-refractivity contribution in [2.24, 2.45) is 5.73 Å². The van der Waals surface area contributed by atoms with E-state index in [2.05, 4.69) is 15.3 Å². The average Bonchev–Trinajstić information content (AvgIpc) is 2.84. The van der Waals surface area contributed by atoms with E-state index >= 15 is 0 Å². The van der Waals surface area contributed by atoms with Crippen LogP contribution in [0.4, 0.5) is 0 Å². The quantitative estimate of drug-likeness (QED) is 0.432. The van der Waals surface area contributed by atoms with Crippen molar-refractivity contribution in [3.63, 3.8) is 0 Å². The topological polar surface area (TPSA) is 121 Å². The first kappa shape index (κ1) is 14.3. The minimum absolute atomic E-state index is 0.0823. The van der Waals surface area contributed by atoms with Gasteiger partial charge in [-0.1, -0.05) is 0 Å². The molecule has 5 N–H and O–H groups in total. The standard InChI is InChI=1S/C11H18N4O3/c12-9(1-2-11(17)18)10(16)6-13-4-3-8-5-14-7-15-8/h5,7,9,13H,1-4,6,12H2,(H,14,15)(H,17,18)/t9-/m0/s1. The molecule has 0 unspecified atom stereocenters. The normalized spacial score (nSPS) is 12.3. The molecule has 0 aliphatic heterocycles. The Morgan fingerprint density at radius 2 is 2.33 bits per heavy atom. The van der Waals surface area contributed by atoms with Gasteiger partial charge >= 0.3 is 5.97 Å². The highest BCUT2D eigenvalue weighted by atomic mass is 16.4. The van der Waals surface area contributed by atoms with E-state index in [1.54, 1.807) is 12.5 Å². The lowest BCUT2D eigenvalue weighted by Crippen LogP contribution is -2.38. The second-order valence-electron chi connectivity index (χ2n) is 4.01. The maximum atomic E-state index is 11.5. The molecule has 1 atom stereocenters. The lowest BCUT2D eigenvalue weighted by Gasteiger charge is -2.09. The van der Waals surface area contributed by atoms with E-state index in [1.165, 1.54) is 0 Å². The molecule has 0 amide bonds. The number of hydrogen-bond donors (Lipinski definition) is 4. The van der Waals surface area contributed by atoms with Crippen LogP contribution >= 0.6 is 0 Å². The van der Waals surface area contributed by atoms with E-state index in [9.17, 15) is 9.59 Å². The number of carbonyl (C=O) groups excluding carboxylic acids is 1. The van der Waals surface area contributed by atoms with Gasteiger partial charge in [-0.25, -0.2) is 4.98 Å². The van der Waals surface area contributed by atoms with Gasteiger partial charge in [-0.3, -0.25) is 9.59 Å². The molecule has 0 aliphatic carbocycles. The summed E-state index contributed by atoms with van der Waals surface area (Å²) in [6.45, 7) is 0.800. The Labute approximate surface area is 105 Å². The van der Waals surface area contributed by atoms with Gasteiger partial charge in [-0.05, 0) is 6.42 Å². The number of nitrogens with zero attached hydrogens (tertiary/aromatic N) is 1. The molecule has 0 aliphatic rings. The second-order valence-corrected chi connectivity index (χ2v) is 4.01. The highest BCUT2D eigenvalue weighted by Crippen LogP contribution is 1.96. The third-order valence-corrected chi connectivity index (χ3v) is 2.51. The molecule has 7 nitrogen and oxygen atoms in total. The number of Topliss-reactive ketones (excluding diaryl/α,β-unsaturated/α-hetero) is 1. The number of rotatable bonds is 9. The van der Waals surface area contributed by atoms with Gasteiger partial charge in [0, 0.05) is 31.3 Å². The Balaban J connectivity index is 2.10. The minimum Gasteiger partial charge on any atom is -0.481 e. The molecular weight excluding hydrogens is 236 g/mol. The van der Waals surface area contributed by atoms with Gasteiger partial charge in [0.1, 0.15) is 0 Å². The van der Waals surface area contributed by atoms with Gasteiger partial charge in [0.2, 0.25) is 0 Å². The SMILES string of the molecule is N[C@@H](CCC(=O)O)C(=O)CNCCc1cnc[nH]1. The number of H-pyrrole nitrogens is 1. The van der Waals surface area contributed by atoms with Crippen molar-refractivity contribution >= 4 is 11.8 Å². The number of hydrogen-bond acceptors (Lipinski definition) is 5. The van der Waals surface area contributed by atoms with Crippen LogP contribution < -0.4 is 11.1 Å². The van der Waals surface area contributed by atoms with E-state index in [4.69, 9.17) is 10.8 Å². The molecule has 0 aromatic carbocycles. The molecule has 100 valence electrons. The summed E-state index contributed by atoms with van der Waals surface area (Å²) in [6.07, 6.45) is 4.17. The van der Waals surface area contributed by atoms with Gasteiger partial charge in [0.05, 0.1) is 18.9 Å². The Bertz CT molecular complexity index is 378. The smallest absolute Gasteiger partial charge is 0.303 e. The summed E-state index contributed by atoms with van der Waals surface area (Å²) in [5.41, 5.74) is 6.56. The molecule has 0 spiro atoms. The van der Waals surface area contributed by atoms with Crippen molar-refractivity contribution in [3.05, 3.63) is 18.2 Å². The summed E-state index contributed by atoms with van der Waals surface area (Å²) >= 11 is 0. The molecule has 1 aromatic rings. The fourth-order valence-electron chi connectivity index (χ4n) is 1.43. The monoisotopic (exact) mass is 254 g/mol. The predicted octanol–water partition coefficient (Wildman–Crippen LogP) is -0.697. The highest BCUT2D eigenvalue weighted by molar-refractivity contribution is 5.86. The van der Waals surface area contributed by atoms with Gasteiger partial charge < -0.3 is 21.1 Å². The van der Waals surface area contributed by atoms with Crippen LogP contribution in [-0.2, 0) is 16.0 Å². The van der Waals surface area contributed by atoms with Crippen LogP contribution in [0.25, 0.3) is 0 Å². The molecule has 1 aromatic heterocycles. The van der Waals surface area contributed by atoms with Crippen molar-refractivity contribution < 1.29 is 14.7 Å². The zero-order chi connectivity index (χ0) is 13.4. The van der Waals surface area contributed by atoms with Gasteiger partial charge in [-0.15, -0.1) is 0 Å². The van der Waals surface area contributed by atoms with Gasteiger partial charge in [-0.2, -0.15) is 0 Å². The summed E-state index contributed by atoms with van der Waals surface area (Å²) in [6, 6.07) is -0.708. The number of carboxylic acid groups (broad SMARTS) is 1. The molecule has 0 radical (unpaired) electrons.